The first kappa shape index (κ1) is 16.0. The highest BCUT2D eigenvalue weighted by Gasteiger charge is 2.70. The molecule has 1 aromatic rings. The van der Waals surface area contributed by atoms with Crippen molar-refractivity contribution in [3.05, 3.63) is 45.5 Å². The van der Waals surface area contributed by atoms with Gasteiger partial charge in [0, 0.05) is 6.07 Å². The molecule has 0 unspecified atom stereocenters. The molecule has 3 aliphatic heterocycles. The average Bonchev–Trinajstić information content (AvgIpc) is 3.06. The molecular weight excluding hydrogens is 324 g/mol. The molecule has 2 saturated heterocycles. The number of anilines is 1. The van der Waals surface area contributed by atoms with E-state index >= 15 is 0 Å². The molecule has 3 aliphatic rings. The molecule has 2 fully saturated rings. The lowest BCUT2D eigenvalue weighted by molar-refractivity contribution is -0.384. The molecule has 0 saturated carbocycles. The molecule has 7 nitrogen and oxygen atoms in total. The van der Waals surface area contributed by atoms with Gasteiger partial charge in [-0.3, -0.25) is 19.7 Å². The Morgan fingerprint density at radius 3 is 2.00 bits per heavy atom. The summed E-state index contributed by atoms with van der Waals surface area (Å²) >= 11 is 0. The Morgan fingerprint density at radius 2 is 1.52 bits per heavy atom. The van der Waals surface area contributed by atoms with Crippen LogP contribution in [0.1, 0.15) is 25.0 Å². The summed E-state index contributed by atoms with van der Waals surface area (Å²) in [5, 5.41) is 11.5. The lowest BCUT2D eigenvalue weighted by atomic mass is 9.73. The van der Waals surface area contributed by atoms with E-state index in [4.69, 9.17) is 4.74 Å². The number of amides is 2. The second-order valence-corrected chi connectivity index (χ2v) is 7.45. The summed E-state index contributed by atoms with van der Waals surface area (Å²) < 4.78 is 5.95. The van der Waals surface area contributed by atoms with Gasteiger partial charge in [0.05, 0.1) is 28.0 Å². The van der Waals surface area contributed by atoms with Crippen molar-refractivity contribution in [2.24, 2.45) is 11.8 Å². The van der Waals surface area contributed by atoms with Gasteiger partial charge < -0.3 is 4.74 Å². The molecule has 2 bridgehead atoms. The van der Waals surface area contributed by atoms with Crippen molar-refractivity contribution in [3.8, 4) is 0 Å². The van der Waals surface area contributed by atoms with Crippen LogP contribution in [0.5, 0.6) is 0 Å². The largest absolute Gasteiger partial charge is 0.359 e. The van der Waals surface area contributed by atoms with E-state index in [1.165, 1.54) is 6.07 Å². The van der Waals surface area contributed by atoms with Crippen molar-refractivity contribution >= 4 is 23.2 Å². The minimum atomic E-state index is -0.852. The van der Waals surface area contributed by atoms with E-state index in [0.717, 1.165) is 16.0 Å². The van der Waals surface area contributed by atoms with Gasteiger partial charge in [0.2, 0.25) is 11.8 Å². The third-order valence-corrected chi connectivity index (χ3v) is 5.75. The van der Waals surface area contributed by atoms with Crippen LogP contribution in [0.4, 0.5) is 11.4 Å². The first-order valence-electron chi connectivity index (χ1n) is 8.13. The molecule has 25 heavy (non-hydrogen) atoms. The van der Waals surface area contributed by atoms with E-state index < -0.39 is 39.8 Å². The zero-order valence-corrected chi connectivity index (χ0v) is 14.4. The van der Waals surface area contributed by atoms with E-state index in [-0.39, 0.29) is 11.4 Å². The summed E-state index contributed by atoms with van der Waals surface area (Å²) in [4.78, 5) is 38.1. The van der Waals surface area contributed by atoms with E-state index in [1.807, 2.05) is 12.2 Å². The Morgan fingerprint density at radius 1 is 1.04 bits per heavy atom. The second kappa shape index (κ2) is 4.54. The molecule has 0 N–H and O–H groups in total. The number of imide groups is 1. The van der Waals surface area contributed by atoms with Gasteiger partial charge in [-0.25, -0.2) is 4.90 Å². The first-order chi connectivity index (χ1) is 11.6. The van der Waals surface area contributed by atoms with Crippen molar-refractivity contribution < 1.29 is 19.2 Å². The molecule has 4 atom stereocenters. The van der Waals surface area contributed by atoms with E-state index in [9.17, 15) is 19.7 Å². The van der Waals surface area contributed by atoms with Crippen molar-refractivity contribution in [3.63, 3.8) is 0 Å². The minimum Gasteiger partial charge on any atom is -0.359 e. The minimum absolute atomic E-state index is 0.0455. The normalized spacial score (nSPS) is 35.6. The van der Waals surface area contributed by atoms with E-state index in [2.05, 4.69) is 0 Å². The Balaban J connectivity index is 1.88. The molecule has 0 radical (unpaired) electrons. The lowest BCUT2D eigenvalue weighted by Gasteiger charge is -2.25. The number of nitrogens with zero attached hydrogens (tertiary/aromatic N) is 2. The smallest absolute Gasteiger partial charge is 0.293 e. The number of hydrogen-bond acceptors (Lipinski definition) is 5. The van der Waals surface area contributed by atoms with Crippen LogP contribution in [0.2, 0.25) is 0 Å². The van der Waals surface area contributed by atoms with Crippen molar-refractivity contribution in [2.75, 3.05) is 4.90 Å². The fraction of sp³-hybridized carbons (Fsp3) is 0.444. The monoisotopic (exact) mass is 342 g/mol. The van der Waals surface area contributed by atoms with Gasteiger partial charge in [0.25, 0.3) is 5.69 Å². The fourth-order valence-electron chi connectivity index (χ4n) is 4.38. The van der Waals surface area contributed by atoms with Crippen molar-refractivity contribution in [1.82, 2.24) is 0 Å². The molecule has 0 aliphatic carbocycles. The van der Waals surface area contributed by atoms with Crippen molar-refractivity contribution in [1.29, 1.82) is 0 Å². The predicted molar refractivity (Wildman–Crippen MR) is 89.1 cm³/mol. The number of carbonyl (C=O) groups is 2. The lowest BCUT2D eigenvalue weighted by Crippen LogP contribution is -2.39. The zero-order valence-electron chi connectivity index (χ0n) is 14.4. The van der Waals surface area contributed by atoms with E-state index in [1.54, 1.807) is 33.8 Å². The van der Waals surface area contributed by atoms with Gasteiger partial charge in [-0.15, -0.1) is 0 Å². The Labute approximate surface area is 144 Å². The Kier molecular flexibility index (Phi) is 2.90. The Bertz CT molecular complexity index is 856. The summed E-state index contributed by atoms with van der Waals surface area (Å²) in [6.07, 6.45) is 3.63. The maximum absolute atomic E-state index is 13.1. The number of carbonyl (C=O) groups excluding carboxylic acids is 2. The summed E-state index contributed by atoms with van der Waals surface area (Å²) in [6, 6.07) is 2.96. The SMILES string of the molecule is Cc1cc(N2C(=O)[C@H]3[C@H](C2=O)[C@@]2(C)C=C[C@@]3(C)O2)c([N+](=O)[O-])cc1C. The fourth-order valence-corrected chi connectivity index (χ4v) is 4.38. The van der Waals surface area contributed by atoms with E-state index in [0.29, 0.717) is 0 Å². The van der Waals surface area contributed by atoms with Crippen LogP contribution in [0, 0.1) is 35.8 Å². The van der Waals surface area contributed by atoms with Crippen LogP contribution in [0.15, 0.2) is 24.3 Å². The van der Waals surface area contributed by atoms with Crippen LogP contribution in [-0.2, 0) is 14.3 Å². The van der Waals surface area contributed by atoms with Crippen LogP contribution < -0.4 is 4.90 Å². The standard InChI is InChI=1S/C18H18N2O5/c1-9-7-11(12(20(23)24)8-10(9)2)19-15(21)13-14(16(19)22)18(4)6-5-17(13,3)25-18/h5-8,13-14H,1-4H3/t13-,14-,17-,18-/m1/s1. The zero-order chi connectivity index (χ0) is 18.3. The summed E-state index contributed by atoms with van der Waals surface area (Å²) in [5.74, 6) is -2.18. The number of nitro benzene ring substituents is 1. The molecular formula is C18H18N2O5. The third-order valence-electron chi connectivity index (χ3n) is 5.75. The van der Waals surface area contributed by atoms with Crippen LogP contribution in [0.25, 0.3) is 0 Å². The molecule has 130 valence electrons. The molecule has 3 heterocycles. The van der Waals surface area contributed by atoms with Gasteiger partial charge in [-0.1, -0.05) is 12.2 Å². The molecule has 2 amide bonds. The van der Waals surface area contributed by atoms with Crippen LogP contribution in [-0.4, -0.2) is 27.9 Å². The molecule has 4 rings (SSSR count). The highest BCUT2D eigenvalue weighted by Crippen LogP contribution is 2.58. The van der Waals surface area contributed by atoms with Gasteiger partial charge in [-0.05, 0) is 44.9 Å². The molecule has 1 aromatic carbocycles. The number of nitro groups is 1. The van der Waals surface area contributed by atoms with Crippen LogP contribution in [0.3, 0.4) is 0 Å². The topological polar surface area (TPSA) is 89.8 Å². The number of ether oxygens (including phenoxy) is 1. The van der Waals surface area contributed by atoms with Gasteiger partial charge in [0.1, 0.15) is 5.69 Å². The number of fused-ring (bicyclic) bond motifs is 5. The number of benzene rings is 1. The number of hydrogen-bond donors (Lipinski definition) is 0. The number of aryl methyl sites for hydroxylation is 2. The maximum Gasteiger partial charge on any atom is 0.293 e. The quantitative estimate of drug-likeness (QED) is 0.356. The van der Waals surface area contributed by atoms with Crippen LogP contribution >= 0.6 is 0 Å². The van der Waals surface area contributed by atoms with Gasteiger partial charge >= 0.3 is 0 Å². The third kappa shape index (κ3) is 1.84. The molecule has 0 aromatic heterocycles. The second-order valence-electron chi connectivity index (χ2n) is 7.45. The van der Waals surface area contributed by atoms with Crippen molar-refractivity contribution in [2.45, 2.75) is 38.9 Å². The predicted octanol–water partition coefficient (Wildman–Crippen LogP) is 2.43. The summed E-state index contributed by atoms with van der Waals surface area (Å²) in [7, 11) is 0. The summed E-state index contributed by atoms with van der Waals surface area (Å²) in [5.41, 5.74) is -0.373. The highest BCUT2D eigenvalue weighted by atomic mass is 16.6. The maximum atomic E-state index is 13.1. The molecule has 7 heteroatoms. The average molecular weight is 342 g/mol. The van der Waals surface area contributed by atoms with Gasteiger partial charge in [-0.2, -0.15) is 0 Å². The Hall–Kier alpha value is -2.54. The molecule has 0 spiro atoms. The summed E-state index contributed by atoms with van der Waals surface area (Å²) in [6.45, 7) is 7.12. The first-order valence-corrected chi connectivity index (χ1v) is 8.13. The van der Waals surface area contributed by atoms with Gasteiger partial charge in [0.15, 0.2) is 0 Å². The highest BCUT2D eigenvalue weighted by molar-refractivity contribution is 6.24. The number of rotatable bonds is 2.